The standard InChI is InChI=1S/C11H14Cl2O6/c1-10(2)14-3-4(16-10)5-6-7-8(15-5)19-11(17-6,18-7)9(12)13/h4-9H,3H2,1-2H3/t4-,5-,6+,7+,8+,11?/m1/s1. The highest BCUT2D eigenvalue weighted by molar-refractivity contribution is 6.44. The zero-order valence-corrected chi connectivity index (χ0v) is 11.9. The molecule has 0 aliphatic carbocycles. The van der Waals surface area contributed by atoms with Gasteiger partial charge in [0.15, 0.2) is 16.9 Å². The molecule has 108 valence electrons. The molecule has 2 bridgehead atoms. The Balaban J connectivity index is 1.54. The molecular weight excluding hydrogens is 299 g/mol. The first-order valence-corrected chi connectivity index (χ1v) is 7.06. The highest BCUT2D eigenvalue weighted by Crippen LogP contribution is 2.52. The van der Waals surface area contributed by atoms with E-state index in [0.717, 1.165) is 0 Å². The number of halogens is 2. The first-order chi connectivity index (χ1) is 8.90. The van der Waals surface area contributed by atoms with Crippen LogP contribution < -0.4 is 0 Å². The van der Waals surface area contributed by atoms with Gasteiger partial charge in [0, 0.05) is 0 Å². The average molecular weight is 313 g/mol. The molecule has 6 atom stereocenters. The van der Waals surface area contributed by atoms with E-state index in [4.69, 9.17) is 51.6 Å². The summed E-state index contributed by atoms with van der Waals surface area (Å²) >= 11 is 11.7. The molecule has 4 aliphatic rings. The molecule has 4 fully saturated rings. The molecule has 0 N–H and O–H groups in total. The lowest BCUT2D eigenvalue weighted by molar-refractivity contribution is -0.313. The van der Waals surface area contributed by atoms with Gasteiger partial charge in [-0.25, -0.2) is 0 Å². The first kappa shape index (κ1) is 13.0. The Morgan fingerprint density at radius 2 is 1.74 bits per heavy atom. The van der Waals surface area contributed by atoms with E-state index in [0.29, 0.717) is 6.61 Å². The SMILES string of the molecule is CC1(C)OC[C@H]([C@H]2O[C@H]3OC4(C(Cl)Cl)O[C@@H]2[C@@H]3O4)O1. The summed E-state index contributed by atoms with van der Waals surface area (Å²) in [5.41, 5.74) is 0. The number of hydrogen-bond donors (Lipinski definition) is 0. The Morgan fingerprint density at radius 1 is 1.00 bits per heavy atom. The third kappa shape index (κ3) is 1.79. The monoisotopic (exact) mass is 312 g/mol. The first-order valence-electron chi connectivity index (χ1n) is 6.19. The minimum Gasteiger partial charge on any atom is -0.348 e. The molecule has 0 saturated carbocycles. The van der Waals surface area contributed by atoms with Crippen molar-refractivity contribution in [2.45, 2.75) is 61.1 Å². The van der Waals surface area contributed by atoms with Crippen molar-refractivity contribution in [3.8, 4) is 0 Å². The lowest BCUT2D eigenvalue weighted by Crippen LogP contribution is -2.45. The van der Waals surface area contributed by atoms with Crippen LogP contribution in [0.3, 0.4) is 0 Å². The van der Waals surface area contributed by atoms with Crippen molar-refractivity contribution in [2.24, 2.45) is 0 Å². The number of rotatable bonds is 2. The summed E-state index contributed by atoms with van der Waals surface area (Å²) in [5.74, 6) is -2.03. The maximum atomic E-state index is 5.86. The number of fused-ring (bicyclic) bond motifs is 1. The Kier molecular flexibility index (Phi) is 2.71. The molecule has 19 heavy (non-hydrogen) atoms. The van der Waals surface area contributed by atoms with Gasteiger partial charge >= 0.3 is 5.97 Å². The van der Waals surface area contributed by atoms with Gasteiger partial charge in [-0.3, -0.25) is 4.74 Å². The molecular formula is C11H14Cl2O6. The third-order valence-electron chi connectivity index (χ3n) is 3.75. The van der Waals surface area contributed by atoms with Crippen LogP contribution in [-0.4, -0.2) is 53.9 Å². The summed E-state index contributed by atoms with van der Waals surface area (Å²) in [7, 11) is 0. The van der Waals surface area contributed by atoms with E-state index >= 15 is 0 Å². The second kappa shape index (κ2) is 3.96. The fourth-order valence-corrected chi connectivity index (χ4v) is 3.27. The lowest BCUT2D eigenvalue weighted by Gasteiger charge is -2.26. The van der Waals surface area contributed by atoms with E-state index < -0.39 is 22.9 Å². The maximum absolute atomic E-state index is 5.86. The molecule has 0 radical (unpaired) electrons. The van der Waals surface area contributed by atoms with Gasteiger partial charge in [-0.1, -0.05) is 23.2 Å². The normalized spacial score (nSPS) is 54.5. The Hall–Kier alpha value is 0.340. The van der Waals surface area contributed by atoms with Gasteiger partial charge in [0.1, 0.15) is 24.4 Å². The lowest BCUT2D eigenvalue weighted by atomic mass is 10.1. The largest absolute Gasteiger partial charge is 0.348 e. The average Bonchev–Trinajstić information content (AvgIpc) is 2.97. The van der Waals surface area contributed by atoms with Crippen LogP contribution in [0.5, 0.6) is 0 Å². The number of alkyl halides is 2. The van der Waals surface area contributed by atoms with E-state index in [9.17, 15) is 0 Å². The molecule has 8 heteroatoms. The zero-order chi connectivity index (χ0) is 13.4. The van der Waals surface area contributed by atoms with Crippen molar-refractivity contribution in [3.63, 3.8) is 0 Å². The van der Waals surface area contributed by atoms with Crippen molar-refractivity contribution in [1.82, 2.24) is 0 Å². The topological polar surface area (TPSA) is 55.4 Å². The number of hydrogen-bond acceptors (Lipinski definition) is 6. The molecule has 6 nitrogen and oxygen atoms in total. The van der Waals surface area contributed by atoms with Crippen LogP contribution in [0.25, 0.3) is 0 Å². The zero-order valence-electron chi connectivity index (χ0n) is 10.4. The second-order valence-corrected chi connectivity index (χ2v) is 6.62. The Morgan fingerprint density at radius 3 is 2.26 bits per heavy atom. The van der Waals surface area contributed by atoms with E-state index in [1.54, 1.807) is 0 Å². The molecule has 0 amide bonds. The molecule has 1 unspecified atom stereocenters. The third-order valence-corrected chi connectivity index (χ3v) is 4.29. The van der Waals surface area contributed by atoms with Crippen molar-refractivity contribution < 1.29 is 28.4 Å². The number of ether oxygens (including phenoxy) is 6. The maximum Gasteiger partial charge on any atom is 0.318 e. The Bertz CT molecular complexity index is 401. The van der Waals surface area contributed by atoms with Gasteiger partial charge in [0.2, 0.25) is 0 Å². The van der Waals surface area contributed by atoms with Gasteiger partial charge in [-0.05, 0) is 13.8 Å². The highest BCUT2D eigenvalue weighted by atomic mass is 35.5. The summed E-state index contributed by atoms with van der Waals surface area (Å²) in [6.07, 6.45) is -1.68. The van der Waals surface area contributed by atoms with Crippen molar-refractivity contribution >= 4 is 23.2 Å². The quantitative estimate of drug-likeness (QED) is 0.713. The fourth-order valence-electron chi connectivity index (χ4n) is 2.96. The summed E-state index contributed by atoms with van der Waals surface area (Å²) in [6, 6.07) is 0. The molecule has 4 heterocycles. The van der Waals surface area contributed by atoms with Crippen LogP contribution in [0.2, 0.25) is 0 Å². The molecule has 0 aromatic carbocycles. The van der Waals surface area contributed by atoms with Gasteiger partial charge < -0.3 is 23.7 Å². The van der Waals surface area contributed by atoms with Gasteiger partial charge in [0.05, 0.1) is 6.61 Å². The molecule has 0 spiro atoms. The van der Waals surface area contributed by atoms with E-state index in [-0.39, 0.29) is 24.4 Å². The summed E-state index contributed by atoms with van der Waals surface area (Å²) in [6.45, 7) is 4.16. The van der Waals surface area contributed by atoms with E-state index in [2.05, 4.69) is 0 Å². The van der Waals surface area contributed by atoms with Gasteiger partial charge in [-0.2, -0.15) is 0 Å². The smallest absolute Gasteiger partial charge is 0.318 e. The second-order valence-electron chi connectivity index (χ2n) is 5.52. The molecule has 4 aliphatic heterocycles. The van der Waals surface area contributed by atoms with Crippen LogP contribution in [0.1, 0.15) is 13.8 Å². The van der Waals surface area contributed by atoms with Crippen LogP contribution in [0.4, 0.5) is 0 Å². The van der Waals surface area contributed by atoms with E-state index in [1.807, 2.05) is 13.8 Å². The van der Waals surface area contributed by atoms with Gasteiger partial charge in [0.25, 0.3) is 0 Å². The van der Waals surface area contributed by atoms with Crippen LogP contribution in [0, 0.1) is 0 Å². The predicted molar refractivity (Wildman–Crippen MR) is 62.6 cm³/mol. The predicted octanol–water partition coefficient (Wildman–Crippen LogP) is 1.13. The Labute approximate surface area is 120 Å². The summed E-state index contributed by atoms with van der Waals surface area (Å²) in [5, 5.41) is 0. The van der Waals surface area contributed by atoms with Crippen LogP contribution >= 0.6 is 23.2 Å². The van der Waals surface area contributed by atoms with Crippen LogP contribution in [-0.2, 0) is 28.4 Å². The molecule has 4 saturated heterocycles. The summed E-state index contributed by atoms with van der Waals surface area (Å²) < 4.78 is 34.0. The van der Waals surface area contributed by atoms with Crippen molar-refractivity contribution in [1.29, 1.82) is 0 Å². The minimum atomic E-state index is -1.41. The molecule has 0 aromatic heterocycles. The van der Waals surface area contributed by atoms with Crippen molar-refractivity contribution in [2.75, 3.05) is 6.61 Å². The van der Waals surface area contributed by atoms with Gasteiger partial charge in [-0.15, -0.1) is 0 Å². The molecule has 0 aromatic rings. The van der Waals surface area contributed by atoms with Crippen LogP contribution in [0.15, 0.2) is 0 Å². The fraction of sp³-hybridized carbons (Fsp3) is 1.00. The molecule has 4 rings (SSSR count). The highest BCUT2D eigenvalue weighted by Gasteiger charge is 2.71. The summed E-state index contributed by atoms with van der Waals surface area (Å²) in [4.78, 5) is -0.940. The minimum absolute atomic E-state index is 0.224. The van der Waals surface area contributed by atoms with Crippen molar-refractivity contribution in [3.05, 3.63) is 0 Å². The van der Waals surface area contributed by atoms with E-state index in [1.165, 1.54) is 0 Å².